The van der Waals surface area contributed by atoms with Crippen LogP contribution in [0.5, 0.6) is 0 Å². The highest BCUT2D eigenvalue weighted by Gasteiger charge is 2.41. The number of piperidine rings is 1. The third kappa shape index (κ3) is 4.39. The molecule has 0 atom stereocenters. The van der Waals surface area contributed by atoms with Crippen LogP contribution in [0.2, 0.25) is 0 Å². The SMILES string of the molecule is CC1CCN(CCNC(=O)C2(c3ccc(F)cc3)CCOCC2)CC1. The molecule has 0 saturated carbocycles. The lowest BCUT2D eigenvalue weighted by molar-refractivity contribution is -0.130. The van der Waals surface area contributed by atoms with Gasteiger partial charge in [-0.15, -0.1) is 0 Å². The van der Waals surface area contributed by atoms with Gasteiger partial charge in [0.15, 0.2) is 0 Å². The predicted octanol–water partition coefficient (Wildman–Crippen LogP) is 2.72. The molecular formula is C20H29FN2O2. The Kier molecular flexibility index (Phi) is 6.07. The minimum atomic E-state index is -0.595. The third-order valence-corrected chi connectivity index (χ3v) is 5.77. The zero-order valence-corrected chi connectivity index (χ0v) is 15.1. The van der Waals surface area contributed by atoms with E-state index in [-0.39, 0.29) is 11.7 Å². The average molecular weight is 348 g/mol. The number of nitrogens with zero attached hydrogens (tertiary/aromatic N) is 1. The molecule has 2 saturated heterocycles. The van der Waals surface area contributed by atoms with Gasteiger partial charge in [0, 0.05) is 26.3 Å². The summed E-state index contributed by atoms with van der Waals surface area (Å²) in [6.07, 6.45) is 3.77. The molecule has 3 rings (SSSR count). The van der Waals surface area contributed by atoms with Gasteiger partial charge in [-0.2, -0.15) is 0 Å². The molecule has 0 aliphatic carbocycles. The number of benzene rings is 1. The highest BCUT2D eigenvalue weighted by molar-refractivity contribution is 5.88. The second-order valence-corrected chi connectivity index (χ2v) is 7.48. The summed E-state index contributed by atoms with van der Waals surface area (Å²) < 4.78 is 18.8. The molecule has 2 aliphatic rings. The number of likely N-dealkylation sites (tertiary alicyclic amines) is 1. The van der Waals surface area contributed by atoms with Gasteiger partial charge in [-0.05, 0) is 62.4 Å². The van der Waals surface area contributed by atoms with E-state index in [1.54, 1.807) is 12.1 Å². The van der Waals surface area contributed by atoms with E-state index >= 15 is 0 Å². The Morgan fingerprint density at radius 3 is 2.52 bits per heavy atom. The summed E-state index contributed by atoms with van der Waals surface area (Å²) in [6.45, 7) is 7.23. The molecular weight excluding hydrogens is 319 g/mol. The number of amides is 1. The molecule has 1 N–H and O–H groups in total. The number of carbonyl (C=O) groups is 1. The summed E-state index contributed by atoms with van der Waals surface area (Å²) in [7, 11) is 0. The van der Waals surface area contributed by atoms with E-state index in [9.17, 15) is 9.18 Å². The lowest BCUT2D eigenvalue weighted by Crippen LogP contribution is -2.49. The normalized spacial score (nSPS) is 21.8. The van der Waals surface area contributed by atoms with Crippen LogP contribution in [-0.2, 0) is 14.9 Å². The van der Waals surface area contributed by atoms with E-state index in [1.807, 2.05) is 0 Å². The number of halogens is 1. The van der Waals surface area contributed by atoms with Crippen molar-refractivity contribution in [1.29, 1.82) is 0 Å². The van der Waals surface area contributed by atoms with Crippen molar-refractivity contribution in [2.45, 2.75) is 38.0 Å². The second kappa shape index (κ2) is 8.28. The summed E-state index contributed by atoms with van der Waals surface area (Å²) in [4.78, 5) is 15.4. The van der Waals surface area contributed by atoms with Crippen LogP contribution in [-0.4, -0.2) is 50.2 Å². The Hall–Kier alpha value is -1.46. The smallest absolute Gasteiger partial charge is 0.230 e. The first kappa shape index (κ1) is 18.3. The van der Waals surface area contributed by atoms with Gasteiger partial charge in [-0.3, -0.25) is 4.79 Å². The third-order valence-electron chi connectivity index (χ3n) is 5.77. The highest BCUT2D eigenvalue weighted by atomic mass is 19.1. The van der Waals surface area contributed by atoms with Gasteiger partial charge in [-0.1, -0.05) is 19.1 Å². The molecule has 138 valence electrons. The van der Waals surface area contributed by atoms with Crippen LogP contribution < -0.4 is 5.32 Å². The van der Waals surface area contributed by atoms with Gasteiger partial charge in [0.2, 0.25) is 5.91 Å². The Morgan fingerprint density at radius 2 is 1.88 bits per heavy atom. The molecule has 5 heteroatoms. The Morgan fingerprint density at radius 1 is 1.24 bits per heavy atom. The monoisotopic (exact) mass is 348 g/mol. The molecule has 2 heterocycles. The minimum Gasteiger partial charge on any atom is -0.381 e. The van der Waals surface area contributed by atoms with Gasteiger partial charge >= 0.3 is 0 Å². The molecule has 0 radical (unpaired) electrons. The summed E-state index contributed by atoms with van der Waals surface area (Å²) in [5.41, 5.74) is 0.295. The topological polar surface area (TPSA) is 41.6 Å². The van der Waals surface area contributed by atoms with Crippen molar-refractivity contribution in [1.82, 2.24) is 10.2 Å². The Balaban J connectivity index is 1.61. The van der Waals surface area contributed by atoms with E-state index in [2.05, 4.69) is 17.1 Å². The van der Waals surface area contributed by atoms with Crippen molar-refractivity contribution in [3.05, 3.63) is 35.6 Å². The summed E-state index contributed by atoms with van der Waals surface area (Å²) in [5, 5.41) is 3.13. The largest absolute Gasteiger partial charge is 0.381 e. The van der Waals surface area contributed by atoms with Crippen LogP contribution in [0.3, 0.4) is 0 Å². The fourth-order valence-electron chi connectivity index (χ4n) is 3.92. The molecule has 0 unspecified atom stereocenters. The summed E-state index contributed by atoms with van der Waals surface area (Å²) in [6, 6.07) is 6.36. The van der Waals surface area contributed by atoms with E-state index in [1.165, 1.54) is 25.0 Å². The zero-order chi connectivity index (χ0) is 17.7. The number of carbonyl (C=O) groups excluding carboxylic acids is 1. The maximum Gasteiger partial charge on any atom is 0.230 e. The summed E-state index contributed by atoms with van der Waals surface area (Å²) >= 11 is 0. The number of rotatable bonds is 5. The fraction of sp³-hybridized carbons (Fsp3) is 0.650. The first-order chi connectivity index (χ1) is 12.1. The Labute approximate surface area is 149 Å². The first-order valence-electron chi connectivity index (χ1n) is 9.45. The fourth-order valence-corrected chi connectivity index (χ4v) is 3.92. The molecule has 25 heavy (non-hydrogen) atoms. The van der Waals surface area contributed by atoms with Crippen molar-refractivity contribution in [2.75, 3.05) is 39.4 Å². The Bertz CT molecular complexity index is 562. The maximum atomic E-state index is 13.3. The molecule has 1 amide bonds. The van der Waals surface area contributed by atoms with Crippen molar-refractivity contribution >= 4 is 5.91 Å². The lowest BCUT2D eigenvalue weighted by Gasteiger charge is -2.37. The van der Waals surface area contributed by atoms with E-state index in [0.717, 1.165) is 31.1 Å². The number of hydrogen-bond donors (Lipinski definition) is 1. The number of nitrogens with one attached hydrogen (secondary N) is 1. The first-order valence-corrected chi connectivity index (χ1v) is 9.45. The molecule has 2 aliphatic heterocycles. The van der Waals surface area contributed by atoms with Gasteiger partial charge < -0.3 is 15.0 Å². The molecule has 4 nitrogen and oxygen atoms in total. The summed E-state index contributed by atoms with van der Waals surface area (Å²) in [5.74, 6) is 0.591. The number of ether oxygens (including phenoxy) is 1. The van der Waals surface area contributed by atoms with Crippen LogP contribution in [0.1, 0.15) is 38.2 Å². The number of hydrogen-bond acceptors (Lipinski definition) is 3. The quantitative estimate of drug-likeness (QED) is 0.890. The van der Waals surface area contributed by atoms with Crippen LogP contribution >= 0.6 is 0 Å². The minimum absolute atomic E-state index is 0.0489. The van der Waals surface area contributed by atoms with E-state index < -0.39 is 5.41 Å². The van der Waals surface area contributed by atoms with Gasteiger partial charge in [0.05, 0.1) is 5.41 Å². The van der Waals surface area contributed by atoms with Crippen molar-refractivity contribution in [3.63, 3.8) is 0 Å². The average Bonchev–Trinajstić information content (AvgIpc) is 2.64. The van der Waals surface area contributed by atoms with E-state index in [4.69, 9.17) is 4.74 Å². The lowest BCUT2D eigenvalue weighted by atomic mass is 9.73. The molecule has 1 aromatic rings. The highest BCUT2D eigenvalue weighted by Crippen LogP contribution is 2.35. The second-order valence-electron chi connectivity index (χ2n) is 7.48. The van der Waals surface area contributed by atoms with Crippen LogP contribution in [0.15, 0.2) is 24.3 Å². The van der Waals surface area contributed by atoms with Gasteiger partial charge in [-0.25, -0.2) is 4.39 Å². The van der Waals surface area contributed by atoms with Crippen molar-refractivity contribution in [2.24, 2.45) is 5.92 Å². The van der Waals surface area contributed by atoms with Crippen LogP contribution in [0.25, 0.3) is 0 Å². The standard InChI is InChI=1S/C20H29FN2O2/c1-16-6-11-23(12-7-16)13-10-22-19(24)20(8-14-25-15-9-20)17-2-4-18(21)5-3-17/h2-5,16H,6-15H2,1H3,(H,22,24). The molecule has 0 spiro atoms. The molecule has 0 bridgehead atoms. The van der Waals surface area contributed by atoms with Crippen molar-refractivity contribution in [3.8, 4) is 0 Å². The van der Waals surface area contributed by atoms with Gasteiger partial charge in [0.1, 0.15) is 5.82 Å². The molecule has 0 aromatic heterocycles. The van der Waals surface area contributed by atoms with Gasteiger partial charge in [0.25, 0.3) is 0 Å². The molecule has 1 aromatic carbocycles. The van der Waals surface area contributed by atoms with Crippen molar-refractivity contribution < 1.29 is 13.9 Å². The predicted molar refractivity (Wildman–Crippen MR) is 96.0 cm³/mol. The zero-order valence-electron chi connectivity index (χ0n) is 15.1. The van der Waals surface area contributed by atoms with Crippen LogP contribution in [0, 0.1) is 11.7 Å². The van der Waals surface area contributed by atoms with E-state index in [0.29, 0.717) is 32.6 Å². The van der Waals surface area contributed by atoms with Crippen LogP contribution in [0.4, 0.5) is 4.39 Å². The maximum absolute atomic E-state index is 13.3. The molecule has 2 fully saturated rings.